The Bertz CT molecular complexity index is 1270. The highest BCUT2D eigenvalue weighted by atomic mass is 19.4. The first-order chi connectivity index (χ1) is 16.1. The van der Waals surface area contributed by atoms with Crippen molar-refractivity contribution in [2.24, 2.45) is 0 Å². The average Bonchev–Trinajstić information content (AvgIpc) is 2.81. The van der Waals surface area contributed by atoms with Crippen molar-refractivity contribution in [3.63, 3.8) is 0 Å². The lowest BCUT2D eigenvalue weighted by Crippen LogP contribution is -2.30. The Kier molecular flexibility index (Phi) is 7.34. The molecule has 1 heterocycles. The van der Waals surface area contributed by atoms with Gasteiger partial charge in [0, 0.05) is 23.9 Å². The number of nitrogens with zero attached hydrogens (tertiary/aromatic N) is 2. The van der Waals surface area contributed by atoms with Crippen LogP contribution in [0.3, 0.4) is 0 Å². The number of aromatic nitrogens is 2. The lowest BCUT2D eigenvalue weighted by atomic mass is 10.2. The molecule has 0 saturated carbocycles. The first-order valence-corrected chi connectivity index (χ1v) is 9.94. The maximum atomic E-state index is 13.0. The molecule has 1 amide bonds. The summed E-state index contributed by atoms with van der Waals surface area (Å²) >= 11 is 0. The molecule has 34 heavy (non-hydrogen) atoms. The predicted octanol–water partition coefficient (Wildman–Crippen LogP) is 3.04. The summed E-state index contributed by atoms with van der Waals surface area (Å²) in [6, 6.07) is 12.3. The molecule has 11 heteroatoms. The van der Waals surface area contributed by atoms with Crippen molar-refractivity contribution in [1.82, 2.24) is 15.1 Å². The molecule has 3 rings (SSSR count). The number of nitrogens with one attached hydrogen (secondary N) is 1. The van der Waals surface area contributed by atoms with Crippen LogP contribution in [0.1, 0.15) is 27.3 Å². The molecular weight excluding hydrogens is 455 g/mol. The molecule has 0 unspecified atom stereocenters. The fourth-order valence-corrected chi connectivity index (χ4v) is 3.06. The van der Waals surface area contributed by atoms with Gasteiger partial charge < -0.3 is 14.8 Å². The molecular formula is C23H20F3N3O5. The highest BCUT2D eigenvalue weighted by Crippen LogP contribution is 2.30. The predicted molar refractivity (Wildman–Crippen MR) is 115 cm³/mol. The summed E-state index contributed by atoms with van der Waals surface area (Å²) in [4.78, 5) is 36.7. The van der Waals surface area contributed by atoms with Crippen molar-refractivity contribution in [2.75, 3.05) is 13.7 Å². The number of rotatable bonds is 7. The number of para-hydroxylation sites is 1. The smallest absolute Gasteiger partial charge is 0.416 e. The average molecular weight is 475 g/mol. The Morgan fingerprint density at radius 1 is 1.09 bits per heavy atom. The fourth-order valence-electron chi connectivity index (χ4n) is 3.06. The summed E-state index contributed by atoms with van der Waals surface area (Å²) < 4.78 is 50.2. The van der Waals surface area contributed by atoms with E-state index in [2.05, 4.69) is 10.4 Å². The molecule has 3 aromatic rings. The topological polar surface area (TPSA) is 99.5 Å². The van der Waals surface area contributed by atoms with E-state index in [0.29, 0.717) is 11.3 Å². The van der Waals surface area contributed by atoms with Crippen LogP contribution in [0.4, 0.5) is 13.2 Å². The Labute approximate surface area is 191 Å². The molecule has 0 radical (unpaired) electrons. The standard InChI is InChI=1S/C23H20F3N3O5/c1-14-10-18(30)21(28-29(14)17-8-5-7-16(11-17)23(24,25)26)22(32)34-13-20(31)27-12-15-6-3-4-9-19(15)33-2/h3-11H,12-13H2,1-2H3,(H,27,31). The van der Waals surface area contributed by atoms with Gasteiger partial charge in [0.05, 0.1) is 18.4 Å². The third kappa shape index (κ3) is 5.80. The highest BCUT2D eigenvalue weighted by Gasteiger charge is 2.30. The minimum atomic E-state index is -4.58. The molecule has 0 aliphatic carbocycles. The number of hydrogen-bond acceptors (Lipinski definition) is 6. The van der Waals surface area contributed by atoms with Crippen LogP contribution in [0.5, 0.6) is 5.75 Å². The maximum absolute atomic E-state index is 13.0. The number of amides is 1. The number of carbonyl (C=O) groups excluding carboxylic acids is 2. The number of hydrogen-bond donors (Lipinski definition) is 1. The first kappa shape index (κ1) is 24.5. The zero-order valence-corrected chi connectivity index (χ0v) is 18.2. The van der Waals surface area contributed by atoms with Gasteiger partial charge in [0.1, 0.15) is 5.75 Å². The number of esters is 1. The molecule has 0 saturated heterocycles. The summed E-state index contributed by atoms with van der Waals surface area (Å²) in [6.07, 6.45) is -4.58. The van der Waals surface area contributed by atoms with Crippen molar-refractivity contribution in [1.29, 1.82) is 0 Å². The molecule has 1 aromatic heterocycles. The molecule has 0 atom stereocenters. The van der Waals surface area contributed by atoms with Gasteiger partial charge in [-0.3, -0.25) is 9.59 Å². The van der Waals surface area contributed by atoms with E-state index in [-0.39, 0.29) is 17.9 Å². The molecule has 1 N–H and O–H groups in total. The van der Waals surface area contributed by atoms with Gasteiger partial charge in [0.25, 0.3) is 5.91 Å². The van der Waals surface area contributed by atoms with Crippen LogP contribution in [0, 0.1) is 6.92 Å². The third-order valence-electron chi connectivity index (χ3n) is 4.72. The number of halogens is 3. The molecule has 8 nitrogen and oxygen atoms in total. The summed E-state index contributed by atoms with van der Waals surface area (Å²) in [5, 5.41) is 6.43. The summed E-state index contributed by atoms with van der Waals surface area (Å²) in [5.41, 5.74) is -1.47. The SMILES string of the molecule is COc1ccccc1CNC(=O)COC(=O)c1nn(-c2cccc(C(F)(F)F)c2)c(C)cc1=O. The van der Waals surface area contributed by atoms with E-state index in [1.165, 1.54) is 26.2 Å². The van der Waals surface area contributed by atoms with Gasteiger partial charge >= 0.3 is 12.1 Å². The van der Waals surface area contributed by atoms with E-state index >= 15 is 0 Å². The van der Waals surface area contributed by atoms with Crippen LogP contribution in [0.25, 0.3) is 5.69 Å². The Balaban J connectivity index is 1.72. The number of methoxy groups -OCH3 is 1. The van der Waals surface area contributed by atoms with Crippen LogP contribution in [-0.2, 0) is 22.3 Å². The largest absolute Gasteiger partial charge is 0.496 e. The number of benzene rings is 2. The number of aryl methyl sites for hydroxylation is 1. The van der Waals surface area contributed by atoms with E-state index < -0.39 is 41.3 Å². The van der Waals surface area contributed by atoms with Crippen LogP contribution >= 0.6 is 0 Å². The zero-order chi connectivity index (χ0) is 24.9. The monoisotopic (exact) mass is 475 g/mol. The normalized spacial score (nSPS) is 11.1. The van der Waals surface area contributed by atoms with E-state index in [1.54, 1.807) is 24.3 Å². The third-order valence-corrected chi connectivity index (χ3v) is 4.72. The second kappa shape index (κ2) is 10.2. The lowest BCUT2D eigenvalue weighted by molar-refractivity contribution is -0.137. The van der Waals surface area contributed by atoms with Crippen LogP contribution in [0.2, 0.25) is 0 Å². The Hall–Kier alpha value is -4.15. The van der Waals surface area contributed by atoms with Crippen molar-refractivity contribution < 1.29 is 32.2 Å². The van der Waals surface area contributed by atoms with Gasteiger partial charge in [-0.15, -0.1) is 0 Å². The van der Waals surface area contributed by atoms with Gasteiger partial charge in [-0.25, -0.2) is 9.48 Å². The summed E-state index contributed by atoms with van der Waals surface area (Å²) in [6.45, 7) is 0.882. The van der Waals surface area contributed by atoms with Crippen molar-refractivity contribution in [2.45, 2.75) is 19.6 Å². The first-order valence-electron chi connectivity index (χ1n) is 9.94. The minimum absolute atomic E-state index is 0.00377. The van der Waals surface area contributed by atoms with Crippen molar-refractivity contribution in [3.8, 4) is 11.4 Å². The van der Waals surface area contributed by atoms with E-state index in [1.807, 2.05) is 0 Å². The van der Waals surface area contributed by atoms with Crippen LogP contribution < -0.4 is 15.5 Å². The Morgan fingerprint density at radius 3 is 2.53 bits per heavy atom. The number of carbonyl (C=O) groups is 2. The minimum Gasteiger partial charge on any atom is -0.496 e. The summed E-state index contributed by atoms with van der Waals surface area (Å²) in [5.74, 6) is -1.25. The Morgan fingerprint density at radius 2 is 1.82 bits per heavy atom. The number of ether oxygens (including phenoxy) is 2. The molecule has 178 valence electrons. The van der Waals surface area contributed by atoms with Crippen molar-refractivity contribution >= 4 is 11.9 Å². The van der Waals surface area contributed by atoms with Gasteiger partial charge in [0.15, 0.2) is 6.61 Å². The van der Waals surface area contributed by atoms with Crippen molar-refractivity contribution in [3.05, 3.63) is 87.3 Å². The van der Waals surface area contributed by atoms with Gasteiger partial charge in [0.2, 0.25) is 11.1 Å². The molecule has 0 bridgehead atoms. The van der Waals surface area contributed by atoms with Gasteiger partial charge in [-0.2, -0.15) is 18.3 Å². The highest BCUT2D eigenvalue weighted by molar-refractivity contribution is 5.89. The molecule has 0 aliphatic heterocycles. The molecule has 0 spiro atoms. The molecule has 0 fully saturated rings. The lowest BCUT2D eigenvalue weighted by Gasteiger charge is -2.13. The second-order valence-electron chi connectivity index (χ2n) is 7.12. The van der Waals surface area contributed by atoms with Gasteiger partial charge in [-0.05, 0) is 31.2 Å². The molecule has 2 aromatic carbocycles. The summed E-state index contributed by atoms with van der Waals surface area (Å²) in [7, 11) is 1.49. The van der Waals surface area contributed by atoms with Gasteiger partial charge in [-0.1, -0.05) is 24.3 Å². The maximum Gasteiger partial charge on any atom is 0.416 e. The van der Waals surface area contributed by atoms with E-state index in [9.17, 15) is 27.6 Å². The quantitative estimate of drug-likeness (QED) is 0.528. The van der Waals surface area contributed by atoms with Crippen LogP contribution in [0.15, 0.2) is 59.4 Å². The fraction of sp³-hybridized carbons (Fsp3) is 0.217. The second-order valence-corrected chi connectivity index (χ2v) is 7.12. The number of alkyl halides is 3. The zero-order valence-electron chi connectivity index (χ0n) is 18.2. The van der Waals surface area contributed by atoms with Crippen LogP contribution in [-0.4, -0.2) is 35.4 Å². The van der Waals surface area contributed by atoms with E-state index in [4.69, 9.17) is 9.47 Å². The molecule has 0 aliphatic rings. The van der Waals surface area contributed by atoms with E-state index in [0.717, 1.165) is 22.9 Å².